The Balaban J connectivity index is 1.97. The summed E-state index contributed by atoms with van der Waals surface area (Å²) in [5, 5.41) is 2.73. The van der Waals surface area contributed by atoms with E-state index in [0.29, 0.717) is 5.56 Å². The molecular weight excluding hydrogens is 347 g/mol. The summed E-state index contributed by atoms with van der Waals surface area (Å²) in [6.45, 7) is 1.26. The fraction of sp³-hybridized carbons (Fsp3) is 0.188. The molecule has 2 rings (SSSR count). The Kier molecular flexibility index (Phi) is 5.80. The molecule has 0 saturated heterocycles. The molecule has 2 aromatic rings. The van der Waals surface area contributed by atoms with E-state index < -0.39 is 23.6 Å². The molecular formula is C16H13Cl2F2NO2. The Hall–Kier alpha value is -1.85. The molecule has 2 aromatic carbocycles. The van der Waals surface area contributed by atoms with Gasteiger partial charge in [0, 0.05) is 5.02 Å². The lowest BCUT2D eigenvalue weighted by Gasteiger charge is -2.16. The minimum atomic E-state index is -0.630. The Labute approximate surface area is 142 Å². The number of amides is 1. The zero-order valence-corrected chi connectivity index (χ0v) is 13.6. The van der Waals surface area contributed by atoms with Gasteiger partial charge in [0.25, 0.3) is 5.91 Å². The molecule has 0 aromatic heterocycles. The molecule has 0 unspecified atom stereocenters. The molecule has 1 N–H and O–H groups in total. The highest BCUT2D eigenvalue weighted by Gasteiger charge is 2.16. The van der Waals surface area contributed by atoms with Crippen LogP contribution in [0.25, 0.3) is 0 Å². The Morgan fingerprint density at radius 2 is 1.87 bits per heavy atom. The van der Waals surface area contributed by atoms with Crippen LogP contribution in [0.4, 0.5) is 8.78 Å². The van der Waals surface area contributed by atoms with E-state index >= 15 is 0 Å². The molecule has 0 spiro atoms. The van der Waals surface area contributed by atoms with Crippen LogP contribution >= 0.6 is 23.2 Å². The van der Waals surface area contributed by atoms with Crippen molar-refractivity contribution in [3.8, 4) is 5.75 Å². The predicted octanol–water partition coefficient (Wildman–Crippen LogP) is 4.53. The molecule has 0 aliphatic rings. The van der Waals surface area contributed by atoms with Crippen molar-refractivity contribution < 1.29 is 18.3 Å². The number of nitrogens with one attached hydrogen (secondary N) is 1. The van der Waals surface area contributed by atoms with Crippen molar-refractivity contribution in [2.45, 2.75) is 13.0 Å². The maximum Gasteiger partial charge on any atom is 0.258 e. The monoisotopic (exact) mass is 359 g/mol. The van der Waals surface area contributed by atoms with Gasteiger partial charge in [0.1, 0.15) is 5.82 Å². The number of benzene rings is 2. The molecule has 23 heavy (non-hydrogen) atoms. The lowest BCUT2D eigenvalue weighted by Crippen LogP contribution is -2.31. The second kappa shape index (κ2) is 7.62. The van der Waals surface area contributed by atoms with Crippen LogP contribution in [-0.2, 0) is 4.79 Å². The maximum atomic E-state index is 13.5. The van der Waals surface area contributed by atoms with E-state index in [-0.39, 0.29) is 22.4 Å². The summed E-state index contributed by atoms with van der Waals surface area (Å²) in [5.74, 6) is -1.70. The standard InChI is InChI=1S/C16H13Cl2F2NO2/c1-9(10-6-14(20)12(18)7-11(10)17)21-16(22)8-23-15-5-3-2-4-13(15)19/h2-7,9H,8H2,1H3,(H,21,22)/t9-/m0/s1. The third-order valence-corrected chi connectivity index (χ3v) is 3.70. The molecule has 3 nitrogen and oxygen atoms in total. The summed E-state index contributed by atoms with van der Waals surface area (Å²) in [4.78, 5) is 11.9. The first-order valence-corrected chi connectivity index (χ1v) is 7.45. The first-order chi connectivity index (χ1) is 10.9. The highest BCUT2D eigenvalue weighted by atomic mass is 35.5. The topological polar surface area (TPSA) is 38.3 Å². The van der Waals surface area contributed by atoms with Crippen LogP contribution in [0.2, 0.25) is 10.0 Å². The second-order valence-electron chi connectivity index (χ2n) is 4.80. The van der Waals surface area contributed by atoms with Gasteiger partial charge >= 0.3 is 0 Å². The average molecular weight is 360 g/mol. The van der Waals surface area contributed by atoms with E-state index in [0.717, 1.165) is 6.07 Å². The van der Waals surface area contributed by atoms with E-state index in [2.05, 4.69) is 5.32 Å². The highest BCUT2D eigenvalue weighted by molar-refractivity contribution is 6.35. The predicted molar refractivity (Wildman–Crippen MR) is 84.9 cm³/mol. The lowest BCUT2D eigenvalue weighted by molar-refractivity contribution is -0.123. The molecule has 0 radical (unpaired) electrons. The van der Waals surface area contributed by atoms with Crippen LogP contribution < -0.4 is 10.1 Å². The van der Waals surface area contributed by atoms with Crippen molar-refractivity contribution in [2.24, 2.45) is 0 Å². The number of para-hydroxylation sites is 1. The maximum absolute atomic E-state index is 13.5. The largest absolute Gasteiger partial charge is 0.481 e. The van der Waals surface area contributed by atoms with Gasteiger partial charge in [-0.05, 0) is 36.8 Å². The van der Waals surface area contributed by atoms with Gasteiger partial charge in [-0.2, -0.15) is 0 Å². The minimum absolute atomic E-state index is 0.0223. The molecule has 0 aliphatic carbocycles. The van der Waals surface area contributed by atoms with Crippen molar-refractivity contribution >= 4 is 29.1 Å². The summed E-state index contributed by atoms with van der Waals surface area (Å²) in [6.07, 6.45) is 0. The summed E-state index contributed by atoms with van der Waals surface area (Å²) in [7, 11) is 0. The van der Waals surface area contributed by atoms with Gasteiger partial charge in [-0.1, -0.05) is 35.3 Å². The Bertz CT molecular complexity index is 725. The van der Waals surface area contributed by atoms with Gasteiger partial charge in [0.05, 0.1) is 11.1 Å². The smallest absolute Gasteiger partial charge is 0.258 e. The quantitative estimate of drug-likeness (QED) is 0.796. The van der Waals surface area contributed by atoms with Gasteiger partial charge in [-0.25, -0.2) is 8.78 Å². The van der Waals surface area contributed by atoms with E-state index in [1.54, 1.807) is 13.0 Å². The minimum Gasteiger partial charge on any atom is -0.481 e. The van der Waals surface area contributed by atoms with Crippen LogP contribution in [0, 0.1) is 11.6 Å². The molecule has 0 saturated carbocycles. The zero-order valence-electron chi connectivity index (χ0n) is 12.1. The number of halogens is 4. The number of carbonyl (C=O) groups is 1. The number of hydrogen-bond acceptors (Lipinski definition) is 2. The SMILES string of the molecule is C[C@H](NC(=O)COc1ccccc1F)c1cc(F)c(Cl)cc1Cl. The molecule has 0 aliphatic heterocycles. The average Bonchev–Trinajstić information content (AvgIpc) is 2.50. The van der Waals surface area contributed by atoms with Crippen LogP contribution in [-0.4, -0.2) is 12.5 Å². The Morgan fingerprint density at radius 1 is 1.17 bits per heavy atom. The van der Waals surface area contributed by atoms with Crippen LogP contribution in [0.5, 0.6) is 5.75 Å². The van der Waals surface area contributed by atoms with E-state index in [4.69, 9.17) is 27.9 Å². The van der Waals surface area contributed by atoms with Crippen molar-refractivity contribution in [1.29, 1.82) is 0 Å². The first-order valence-electron chi connectivity index (χ1n) is 6.69. The van der Waals surface area contributed by atoms with E-state index in [9.17, 15) is 13.6 Å². The van der Waals surface area contributed by atoms with Crippen molar-refractivity contribution in [2.75, 3.05) is 6.61 Å². The Morgan fingerprint density at radius 3 is 2.57 bits per heavy atom. The molecule has 1 atom stereocenters. The van der Waals surface area contributed by atoms with E-state index in [1.807, 2.05) is 0 Å². The number of hydrogen-bond donors (Lipinski definition) is 1. The molecule has 0 heterocycles. The van der Waals surface area contributed by atoms with Crippen LogP contribution in [0.3, 0.4) is 0 Å². The summed E-state index contributed by atoms with van der Waals surface area (Å²) < 4.78 is 32.0. The fourth-order valence-corrected chi connectivity index (χ4v) is 2.48. The normalized spacial score (nSPS) is 11.9. The summed E-state index contributed by atoms with van der Waals surface area (Å²) in [5.41, 5.74) is 0.382. The third-order valence-electron chi connectivity index (χ3n) is 3.08. The number of carbonyl (C=O) groups excluding carboxylic acids is 1. The van der Waals surface area contributed by atoms with Crippen molar-refractivity contribution in [3.63, 3.8) is 0 Å². The number of rotatable bonds is 5. The lowest BCUT2D eigenvalue weighted by atomic mass is 10.1. The van der Waals surface area contributed by atoms with Gasteiger partial charge in [0.2, 0.25) is 0 Å². The molecule has 7 heteroatoms. The van der Waals surface area contributed by atoms with Crippen molar-refractivity contribution in [1.82, 2.24) is 5.32 Å². The van der Waals surface area contributed by atoms with E-state index in [1.165, 1.54) is 24.3 Å². The first kappa shape index (κ1) is 17.5. The zero-order chi connectivity index (χ0) is 17.0. The van der Waals surface area contributed by atoms with Crippen LogP contribution in [0.1, 0.15) is 18.5 Å². The molecule has 0 bridgehead atoms. The van der Waals surface area contributed by atoms with Gasteiger partial charge in [-0.3, -0.25) is 4.79 Å². The fourth-order valence-electron chi connectivity index (χ4n) is 1.94. The highest BCUT2D eigenvalue weighted by Crippen LogP contribution is 2.28. The summed E-state index contributed by atoms with van der Waals surface area (Å²) >= 11 is 11.6. The molecule has 0 fully saturated rings. The summed E-state index contributed by atoms with van der Waals surface area (Å²) in [6, 6.07) is 7.62. The van der Waals surface area contributed by atoms with Gasteiger partial charge in [-0.15, -0.1) is 0 Å². The van der Waals surface area contributed by atoms with Crippen molar-refractivity contribution in [3.05, 3.63) is 63.6 Å². The third kappa shape index (κ3) is 4.56. The molecule has 1 amide bonds. The van der Waals surface area contributed by atoms with Crippen LogP contribution in [0.15, 0.2) is 36.4 Å². The van der Waals surface area contributed by atoms with Gasteiger partial charge < -0.3 is 10.1 Å². The van der Waals surface area contributed by atoms with Gasteiger partial charge in [0.15, 0.2) is 18.2 Å². The number of ether oxygens (including phenoxy) is 1. The second-order valence-corrected chi connectivity index (χ2v) is 5.61. The molecule has 122 valence electrons.